The third-order valence-electron chi connectivity index (χ3n) is 4.58. The molecule has 27 heavy (non-hydrogen) atoms. The molecule has 6 heteroatoms. The monoisotopic (exact) mass is 361 g/mol. The van der Waals surface area contributed by atoms with E-state index in [4.69, 9.17) is 5.26 Å². The Kier molecular flexibility index (Phi) is 5.32. The molecule has 1 heterocycles. The summed E-state index contributed by atoms with van der Waals surface area (Å²) >= 11 is 0. The number of nitriles is 1. The van der Waals surface area contributed by atoms with Crippen molar-refractivity contribution in [2.24, 2.45) is 0 Å². The molecule has 0 saturated carbocycles. The van der Waals surface area contributed by atoms with Crippen LogP contribution in [-0.2, 0) is 11.3 Å². The number of rotatable bonds is 6. The van der Waals surface area contributed by atoms with Gasteiger partial charge in [-0.25, -0.2) is 0 Å². The Morgan fingerprint density at radius 1 is 1.04 bits per heavy atom. The van der Waals surface area contributed by atoms with Gasteiger partial charge in [0.2, 0.25) is 5.91 Å². The van der Waals surface area contributed by atoms with Gasteiger partial charge >= 0.3 is 0 Å². The van der Waals surface area contributed by atoms with Gasteiger partial charge in [-0.2, -0.15) is 5.26 Å². The van der Waals surface area contributed by atoms with Gasteiger partial charge in [-0.3, -0.25) is 19.3 Å². The van der Waals surface area contributed by atoms with Crippen LogP contribution < -0.4 is 0 Å². The lowest BCUT2D eigenvalue weighted by Crippen LogP contribution is -2.32. The molecule has 2 aromatic rings. The number of fused-ring (bicyclic) bond motifs is 1. The maximum Gasteiger partial charge on any atom is 0.261 e. The number of carbonyl (C=O) groups excluding carboxylic acids is 3. The van der Waals surface area contributed by atoms with Gasteiger partial charge in [-0.1, -0.05) is 24.3 Å². The molecule has 0 fully saturated rings. The standard InChI is InChI=1S/C21H19N3O3/c1-23(14-16-10-8-15(13-22)9-11-16)19(25)7-4-12-24-20(26)17-5-2-3-6-18(17)21(24)27/h2-3,5-6,8-11H,4,7,12,14H2,1H3. The Morgan fingerprint density at radius 3 is 2.19 bits per heavy atom. The molecule has 0 radical (unpaired) electrons. The van der Waals surface area contributed by atoms with Crippen LogP contribution in [0.1, 0.15) is 44.7 Å². The van der Waals surface area contributed by atoms with E-state index in [1.807, 2.05) is 12.1 Å². The van der Waals surface area contributed by atoms with Crippen molar-refractivity contribution in [3.05, 3.63) is 70.8 Å². The average molecular weight is 361 g/mol. The topological polar surface area (TPSA) is 81.5 Å². The zero-order chi connectivity index (χ0) is 19.4. The lowest BCUT2D eigenvalue weighted by Gasteiger charge is -2.18. The molecule has 2 aromatic carbocycles. The van der Waals surface area contributed by atoms with E-state index in [0.29, 0.717) is 29.7 Å². The maximum atomic E-state index is 12.3. The summed E-state index contributed by atoms with van der Waals surface area (Å²) < 4.78 is 0. The molecule has 3 rings (SSSR count). The first kappa shape index (κ1) is 18.3. The third-order valence-corrected chi connectivity index (χ3v) is 4.58. The van der Waals surface area contributed by atoms with Gasteiger partial charge in [0.15, 0.2) is 0 Å². The molecule has 0 aromatic heterocycles. The number of amides is 3. The predicted molar refractivity (Wildman–Crippen MR) is 98.7 cm³/mol. The molecular formula is C21H19N3O3. The van der Waals surface area contributed by atoms with E-state index in [1.165, 1.54) is 4.90 Å². The molecule has 0 spiro atoms. The average Bonchev–Trinajstić information content (AvgIpc) is 2.93. The van der Waals surface area contributed by atoms with Crippen LogP contribution in [-0.4, -0.2) is 41.1 Å². The molecule has 0 atom stereocenters. The smallest absolute Gasteiger partial charge is 0.261 e. The van der Waals surface area contributed by atoms with Crippen LogP contribution >= 0.6 is 0 Å². The predicted octanol–water partition coefficient (Wildman–Crippen LogP) is 2.59. The number of carbonyl (C=O) groups is 3. The minimum absolute atomic E-state index is 0.0593. The van der Waals surface area contributed by atoms with Crippen LogP contribution in [0, 0.1) is 11.3 Å². The summed E-state index contributed by atoms with van der Waals surface area (Å²) in [5.74, 6) is -0.654. The van der Waals surface area contributed by atoms with Crippen molar-refractivity contribution in [1.82, 2.24) is 9.80 Å². The van der Waals surface area contributed by atoms with Crippen molar-refractivity contribution < 1.29 is 14.4 Å². The minimum Gasteiger partial charge on any atom is -0.341 e. The Bertz CT molecular complexity index is 893. The summed E-state index contributed by atoms with van der Waals surface area (Å²) in [6.07, 6.45) is 0.669. The van der Waals surface area contributed by atoms with Crippen molar-refractivity contribution >= 4 is 17.7 Å². The molecule has 0 unspecified atom stereocenters. The largest absolute Gasteiger partial charge is 0.341 e. The van der Waals surface area contributed by atoms with Crippen LogP contribution in [0.15, 0.2) is 48.5 Å². The Labute approximate surface area is 157 Å². The normalized spacial score (nSPS) is 12.7. The Hall–Kier alpha value is -3.46. The van der Waals surface area contributed by atoms with Gasteiger partial charge in [-0.15, -0.1) is 0 Å². The van der Waals surface area contributed by atoms with Crippen molar-refractivity contribution in [1.29, 1.82) is 5.26 Å². The van der Waals surface area contributed by atoms with E-state index in [-0.39, 0.29) is 30.7 Å². The van der Waals surface area contributed by atoms with Crippen molar-refractivity contribution in [3.8, 4) is 6.07 Å². The molecule has 0 bridgehead atoms. The fourth-order valence-corrected chi connectivity index (χ4v) is 3.07. The number of hydrogen-bond donors (Lipinski definition) is 0. The Morgan fingerprint density at radius 2 is 1.63 bits per heavy atom. The molecule has 1 aliphatic heterocycles. The highest BCUT2D eigenvalue weighted by atomic mass is 16.2. The summed E-state index contributed by atoms with van der Waals surface area (Å²) in [6.45, 7) is 0.667. The molecule has 136 valence electrons. The highest BCUT2D eigenvalue weighted by molar-refractivity contribution is 6.21. The summed E-state index contributed by atoms with van der Waals surface area (Å²) in [5.41, 5.74) is 2.36. The number of hydrogen-bond acceptors (Lipinski definition) is 4. The first-order valence-corrected chi connectivity index (χ1v) is 8.69. The summed E-state index contributed by atoms with van der Waals surface area (Å²) in [6, 6.07) is 15.9. The van der Waals surface area contributed by atoms with E-state index in [2.05, 4.69) is 6.07 Å². The summed E-state index contributed by atoms with van der Waals surface area (Å²) in [7, 11) is 1.71. The minimum atomic E-state index is -0.297. The maximum absolute atomic E-state index is 12.3. The lowest BCUT2D eigenvalue weighted by molar-refractivity contribution is -0.130. The van der Waals surface area contributed by atoms with Crippen LogP contribution in [0.4, 0.5) is 0 Å². The number of nitrogens with zero attached hydrogens (tertiary/aromatic N) is 3. The second-order valence-electron chi connectivity index (χ2n) is 6.47. The van der Waals surface area contributed by atoms with Crippen molar-refractivity contribution in [2.75, 3.05) is 13.6 Å². The van der Waals surface area contributed by atoms with Crippen LogP contribution in [0.3, 0.4) is 0 Å². The second-order valence-corrected chi connectivity index (χ2v) is 6.47. The molecule has 3 amide bonds. The molecule has 6 nitrogen and oxygen atoms in total. The lowest BCUT2D eigenvalue weighted by atomic mass is 10.1. The third kappa shape index (κ3) is 3.87. The molecule has 0 N–H and O–H groups in total. The SMILES string of the molecule is CN(Cc1ccc(C#N)cc1)C(=O)CCCN1C(=O)c2ccccc2C1=O. The fraction of sp³-hybridized carbons (Fsp3) is 0.238. The van der Waals surface area contributed by atoms with E-state index in [9.17, 15) is 14.4 Å². The van der Waals surface area contributed by atoms with Gasteiger partial charge in [0, 0.05) is 26.6 Å². The van der Waals surface area contributed by atoms with Gasteiger partial charge in [0.1, 0.15) is 0 Å². The van der Waals surface area contributed by atoms with Crippen molar-refractivity contribution in [3.63, 3.8) is 0 Å². The first-order valence-electron chi connectivity index (χ1n) is 8.69. The van der Waals surface area contributed by atoms with E-state index >= 15 is 0 Å². The first-order chi connectivity index (χ1) is 13.0. The van der Waals surface area contributed by atoms with Gasteiger partial charge in [0.05, 0.1) is 22.8 Å². The number of benzene rings is 2. The van der Waals surface area contributed by atoms with Gasteiger partial charge in [-0.05, 0) is 36.2 Å². The summed E-state index contributed by atoms with van der Waals surface area (Å²) in [5, 5.41) is 8.81. The van der Waals surface area contributed by atoms with Crippen LogP contribution in [0.2, 0.25) is 0 Å². The van der Waals surface area contributed by atoms with Gasteiger partial charge < -0.3 is 4.90 Å². The van der Waals surface area contributed by atoms with E-state index < -0.39 is 0 Å². The highest BCUT2D eigenvalue weighted by Gasteiger charge is 2.34. The van der Waals surface area contributed by atoms with Gasteiger partial charge in [0.25, 0.3) is 11.8 Å². The fourth-order valence-electron chi connectivity index (χ4n) is 3.07. The zero-order valence-corrected chi connectivity index (χ0v) is 15.0. The quantitative estimate of drug-likeness (QED) is 0.741. The Balaban J connectivity index is 1.50. The highest BCUT2D eigenvalue weighted by Crippen LogP contribution is 2.22. The van der Waals surface area contributed by atoms with Crippen molar-refractivity contribution in [2.45, 2.75) is 19.4 Å². The number of imide groups is 1. The molecule has 0 saturated heterocycles. The molecule has 1 aliphatic rings. The second kappa shape index (κ2) is 7.83. The van der Waals surface area contributed by atoms with E-state index in [0.717, 1.165) is 5.56 Å². The van der Waals surface area contributed by atoms with E-state index in [1.54, 1.807) is 48.3 Å². The zero-order valence-electron chi connectivity index (χ0n) is 15.0. The van der Waals surface area contributed by atoms with Crippen LogP contribution in [0.5, 0.6) is 0 Å². The molecular weight excluding hydrogens is 342 g/mol. The van der Waals surface area contributed by atoms with Crippen LogP contribution in [0.25, 0.3) is 0 Å². The molecule has 0 aliphatic carbocycles. The summed E-state index contributed by atoms with van der Waals surface area (Å²) in [4.78, 5) is 39.7.